The molecule has 19 heavy (non-hydrogen) atoms. The van der Waals surface area contributed by atoms with E-state index in [1.807, 2.05) is 0 Å². The summed E-state index contributed by atoms with van der Waals surface area (Å²) in [5.41, 5.74) is 0.111. The maximum atomic E-state index is 13.7. The van der Waals surface area contributed by atoms with Gasteiger partial charge in [-0.1, -0.05) is 42.6 Å². The fourth-order valence-electron chi connectivity index (χ4n) is 2.70. The van der Waals surface area contributed by atoms with Crippen molar-refractivity contribution < 1.29 is 9.18 Å². The second kappa shape index (κ2) is 6.04. The van der Waals surface area contributed by atoms with Crippen molar-refractivity contribution in [2.75, 3.05) is 0 Å². The van der Waals surface area contributed by atoms with Gasteiger partial charge in [-0.25, -0.2) is 4.39 Å². The van der Waals surface area contributed by atoms with Crippen molar-refractivity contribution in [3.63, 3.8) is 0 Å². The maximum Gasteiger partial charge on any atom is 0.254 e. The molecule has 0 aliphatic heterocycles. The van der Waals surface area contributed by atoms with Crippen molar-refractivity contribution in [3.8, 4) is 0 Å². The summed E-state index contributed by atoms with van der Waals surface area (Å²) in [6.45, 7) is 4.37. The van der Waals surface area contributed by atoms with Crippen molar-refractivity contribution in [2.24, 2.45) is 11.8 Å². The van der Waals surface area contributed by atoms with Gasteiger partial charge >= 0.3 is 0 Å². The van der Waals surface area contributed by atoms with Gasteiger partial charge in [-0.15, -0.1) is 0 Å². The Morgan fingerprint density at radius 1 is 1.37 bits per heavy atom. The Morgan fingerprint density at radius 2 is 2.11 bits per heavy atom. The molecule has 4 heteroatoms. The number of hydrogen-bond donors (Lipinski definition) is 1. The third-order valence-electron chi connectivity index (χ3n) is 4.20. The number of nitrogens with one attached hydrogen (secondary N) is 1. The standard InChI is InChI=1S/C15H19BrFNO/c1-9-4-3-5-14(10(9)2)18-15(19)12-8-11(16)6-7-13(12)17/h6-10,14H,3-5H2,1-2H3,(H,18,19). The summed E-state index contributed by atoms with van der Waals surface area (Å²) in [6.07, 6.45) is 3.31. The van der Waals surface area contributed by atoms with E-state index in [0.29, 0.717) is 16.3 Å². The van der Waals surface area contributed by atoms with E-state index >= 15 is 0 Å². The Bertz CT molecular complexity index is 477. The fourth-order valence-corrected chi connectivity index (χ4v) is 3.06. The normalized spacial score (nSPS) is 27.1. The highest BCUT2D eigenvalue weighted by Gasteiger charge is 2.28. The van der Waals surface area contributed by atoms with Crippen LogP contribution < -0.4 is 5.32 Å². The molecule has 1 aliphatic rings. The first-order valence-electron chi connectivity index (χ1n) is 6.75. The highest BCUT2D eigenvalue weighted by molar-refractivity contribution is 9.10. The van der Waals surface area contributed by atoms with Crippen LogP contribution in [-0.2, 0) is 0 Å². The van der Waals surface area contributed by atoms with Crippen LogP contribution in [0.3, 0.4) is 0 Å². The molecule has 0 saturated heterocycles. The number of benzene rings is 1. The van der Waals surface area contributed by atoms with Gasteiger partial charge in [0.15, 0.2) is 0 Å². The highest BCUT2D eigenvalue weighted by Crippen LogP contribution is 2.29. The van der Waals surface area contributed by atoms with Crippen molar-refractivity contribution in [2.45, 2.75) is 39.2 Å². The second-order valence-corrected chi connectivity index (χ2v) is 6.39. The van der Waals surface area contributed by atoms with Gasteiger partial charge in [-0.2, -0.15) is 0 Å². The largest absolute Gasteiger partial charge is 0.349 e. The molecular weight excluding hydrogens is 309 g/mol. The van der Waals surface area contributed by atoms with Crippen LogP contribution >= 0.6 is 15.9 Å². The average molecular weight is 328 g/mol. The molecule has 3 unspecified atom stereocenters. The maximum absolute atomic E-state index is 13.7. The van der Waals surface area contributed by atoms with E-state index in [4.69, 9.17) is 0 Å². The number of carbonyl (C=O) groups is 1. The quantitative estimate of drug-likeness (QED) is 0.868. The second-order valence-electron chi connectivity index (χ2n) is 5.47. The first kappa shape index (κ1) is 14.5. The number of hydrogen-bond acceptors (Lipinski definition) is 1. The van der Waals surface area contributed by atoms with Crippen LogP contribution in [0.4, 0.5) is 4.39 Å². The molecular formula is C15H19BrFNO. The Balaban J connectivity index is 2.10. The monoisotopic (exact) mass is 327 g/mol. The van der Waals surface area contributed by atoms with E-state index in [-0.39, 0.29) is 17.5 Å². The van der Waals surface area contributed by atoms with Crippen LogP contribution in [0, 0.1) is 17.7 Å². The Morgan fingerprint density at radius 3 is 2.84 bits per heavy atom. The molecule has 2 rings (SSSR count). The van der Waals surface area contributed by atoms with Crippen LogP contribution in [0.5, 0.6) is 0 Å². The molecule has 1 amide bonds. The van der Waals surface area contributed by atoms with Gasteiger partial charge in [-0.05, 0) is 36.5 Å². The molecule has 1 aromatic carbocycles. The van der Waals surface area contributed by atoms with Crippen molar-refractivity contribution >= 4 is 21.8 Å². The third-order valence-corrected chi connectivity index (χ3v) is 4.69. The topological polar surface area (TPSA) is 29.1 Å². The molecule has 0 radical (unpaired) electrons. The zero-order valence-electron chi connectivity index (χ0n) is 11.2. The van der Waals surface area contributed by atoms with Gasteiger partial charge in [0.05, 0.1) is 5.56 Å². The first-order chi connectivity index (χ1) is 8.99. The zero-order valence-corrected chi connectivity index (χ0v) is 12.8. The van der Waals surface area contributed by atoms with Crippen LogP contribution in [0.15, 0.2) is 22.7 Å². The lowest BCUT2D eigenvalue weighted by Gasteiger charge is -2.34. The highest BCUT2D eigenvalue weighted by atomic mass is 79.9. The van der Waals surface area contributed by atoms with E-state index in [1.165, 1.54) is 18.6 Å². The molecule has 0 aromatic heterocycles. The molecule has 0 bridgehead atoms. The Labute approximate surface area is 121 Å². The van der Waals surface area contributed by atoms with Crippen molar-refractivity contribution in [1.29, 1.82) is 0 Å². The predicted molar refractivity (Wildman–Crippen MR) is 77.5 cm³/mol. The van der Waals surface area contributed by atoms with Crippen LogP contribution in [0.2, 0.25) is 0 Å². The molecule has 104 valence electrons. The third kappa shape index (κ3) is 3.35. The summed E-state index contributed by atoms with van der Waals surface area (Å²) in [7, 11) is 0. The lowest BCUT2D eigenvalue weighted by atomic mass is 9.78. The number of halogens is 2. The minimum atomic E-state index is -0.475. The summed E-state index contributed by atoms with van der Waals surface area (Å²) in [4.78, 5) is 12.2. The smallest absolute Gasteiger partial charge is 0.254 e. The van der Waals surface area contributed by atoms with Gasteiger partial charge in [0.1, 0.15) is 5.82 Å². The van der Waals surface area contributed by atoms with Crippen LogP contribution in [-0.4, -0.2) is 11.9 Å². The SMILES string of the molecule is CC1CCCC(NC(=O)c2cc(Br)ccc2F)C1C. The average Bonchev–Trinajstić information content (AvgIpc) is 2.38. The van der Waals surface area contributed by atoms with Crippen molar-refractivity contribution in [1.82, 2.24) is 5.32 Å². The number of amides is 1. The lowest BCUT2D eigenvalue weighted by molar-refractivity contribution is 0.0887. The van der Waals surface area contributed by atoms with Crippen LogP contribution in [0.25, 0.3) is 0 Å². The first-order valence-corrected chi connectivity index (χ1v) is 7.54. The van der Waals surface area contributed by atoms with Gasteiger partial charge in [0.2, 0.25) is 0 Å². The summed E-state index contributed by atoms with van der Waals surface area (Å²) in [5.74, 6) is 0.251. The zero-order chi connectivity index (χ0) is 14.0. The molecule has 1 aromatic rings. The molecule has 1 saturated carbocycles. The van der Waals surface area contributed by atoms with Gasteiger partial charge in [0.25, 0.3) is 5.91 Å². The molecule has 2 nitrogen and oxygen atoms in total. The summed E-state index contributed by atoms with van der Waals surface area (Å²) >= 11 is 3.26. The lowest BCUT2D eigenvalue weighted by Crippen LogP contribution is -2.43. The summed E-state index contributed by atoms with van der Waals surface area (Å²) < 4.78 is 14.4. The molecule has 0 heterocycles. The van der Waals surface area contributed by atoms with Crippen LogP contribution in [0.1, 0.15) is 43.5 Å². The molecule has 1 aliphatic carbocycles. The predicted octanol–water partition coefficient (Wildman–Crippen LogP) is 4.14. The minimum absolute atomic E-state index is 0.111. The summed E-state index contributed by atoms with van der Waals surface area (Å²) in [6, 6.07) is 4.58. The van der Waals surface area contributed by atoms with E-state index in [1.54, 1.807) is 6.07 Å². The molecule has 1 fully saturated rings. The molecule has 1 N–H and O–H groups in total. The van der Waals surface area contributed by atoms with E-state index < -0.39 is 5.82 Å². The Hall–Kier alpha value is -0.900. The Kier molecular flexibility index (Phi) is 4.61. The number of carbonyl (C=O) groups excluding carboxylic acids is 1. The summed E-state index contributed by atoms with van der Waals surface area (Å²) in [5, 5.41) is 2.98. The molecule has 3 atom stereocenters. The number of rotatable bonds is 2. The van der Waals surface area contributed by atoms with Gasteiger partial charge < -0.3 is 5.32 Å². The van der Waals surface area contributed by atoms with Gasteiger partial charge in [-0.3, -0.25) is 4.79 Å². The fraction of sp³-hybridized carbons (Fsp3) is 0.533. The molecule has 0 spiro atoms. The minimum Gasteiger partial charge on any atom is -0.349 e. The van der Waals surface area contributed by atoms with Crippen molar-refractivity contribution in [3.05, 3.63) is 34.1 Å². The van der Waals surface area contributed by atoms with E-state index in [9.17, 15) is 9.18 Å². The van der Waals surface area contributed by atoms with E-state index in [2.05, 4.69) is 35.1 Å². The van der Waals surface area contributed by atoms with Gasteiger partial charge in [0, 0.05) is 10.5 Å². The van der Waals surface area contributed by atoms with E-state index in [0.717, 1.165) is 12.8 Å².